The van der Waals surface area contributed by atoms with E-state index in [1.807, 2.05) is 35.9 Å². The smallest absolute Gasteiger partial charge is 0.407 e. The van der Waals surface area contributed by atoms with Gasteiger partial charge in [0.05, 0.1) is 5.69 Å². The SMILES string of the molecule is Cn1c(C(O)NC[C@H](CCCNC(=O)OC(C)(C)C)NC(=O)OC(C)(C)C)cc2ccc(-c3ccc(F)cc3)cc21. The van der Waals surface area contributed by atoms with E-state index in [1.54, 1.807) is 53.7 Å². The fourth-order valence-electron chi connectivity index (χ4n) is 4.35. The summed E-state index contributed by atoms with van der Waals surface area (Å²) in [6.45, 7) is 11.4. The van der Waals surface area contributed by atoms with Gasteiger partial charge in [0.1, 0.15) is 23.2 Å². The molecule has 10 heteroatoms. The molecule has 0 fully saturated rings. The fourth-order valence-corrected chi connectivity index (χ4v) is 4.35. The van der Waals surface area contributed by atoms with E-state index in [2.05, 4.69) is 16.0 Å². The Kier molecular flexibility index (Phi) is 10.4. The number of alkyl carbamates (subject to hydrolysis) is 2. The molecule has 0 aliphatic carbocycles. The van der Waals surface area contributed by atoms with Crippen LogP contribution in [0.2, 0.25) is 0 Å². The van der Waals surface area contributed by atoms with Gasteiger partial charge in [-0.2, -0.15) is 0 Å². The van der Waals surface area contributed by atoms with Gasteiger partial charge in [0.25, 0.3) is 0 Å². The summed E-state index contributed by atoms with van der Waals surface area (Å²) in [6, 6.07) is 13.8. The van der Waals surface area contributed by atoms with Crippen LogP contribution >= 0.6 is 0 Å². The minimum atomic E-state index is -1.01. The predicted molar refractivity (Wildman–Crippen MR) is 158 cm³/mol. The molecule has 3 aromatic rings. The Hall–Kier alpha value is -3.63. The molecule has 41 heavy (non-hydrogen) atoms. The number of aryl methyl sites for hydroxylation is 1. The van der Waals surface area contributed by atoms with Gasteiger partial charge in [-0.15, -0.1) is 0 Å². The number of ether oxygens (including phenoxy) is 2. The van der Waals surface area contributed by atoms with Crippen LogP contribution in [0.25, 0.3) is 22.0 Å². The number of aliphatic hydroxyl groups is 1. The molecular formula is C31H43FN4O5. The van der Waals surface area contributed by atoms with Gasteiger partial charge in [0, 0.05) is 37.1 Å². The molecule has 4 N–H and O–H groups in total. The van der Waals surface area contributed by atoms with Gasteiger partial charge in [0.2, 0.25) is 0 Å². The molecule has 3 rings (SSSR count). The number of carbonyl (C=O) groups excluding carboxylic acids is 2. The third kappa shape index (κ3) is 10.1. The van der Waals surface area contributed by atoms with Crippen molar-refractivity contribution in [2.24, 2.45) is 7.05 Å². The van der Waals surface area contributed by atoms with Crippen LogP contribution in [0.3, 0.4) is 0 Å². The number of carbonyl (C=O) groups is 2. The van der Waals surface area contributed by atoms with E-state index in [-0.39, 0.29) is 18.4 Å². The maximum absolute atomic E-state index is 13.4. The molecule has 1 aromatic heterocycles. The van der Waals surface area contributed by atoms with E-state index in [4.69, 9.17) is 9.47 Å². The molecule has 1 unspecified atom stereocenters. The van der Waals surface area contributed by atoms with E-state index in [0.29, 0.717) is 25.1 Å². The monoisotopic (exact) mass is 570 g/mol. The largest absolute Gasteiger partial charge is 0.444 e. The Balaban J connectivity index is 1.66. The zero-order valence-electron chi connectivity index (χ0n) is 25.0. The van der Waals surface area contributed by atoms with Crippen LogP contribution in [0.4, 0.5) is 14.0 Å². The second kappa shape index (κ2) is 13.4. The Morgan fingerprint density at radius 3 is 2.17 bits per heavy atom. The standard InChI is InChI=1S/C31H43FN4O5/c1-30(2,3)40-28(38)33-16-8-9-24(35-29(39)41-31(4,5)6)19-34-27(37)26-18-22-11-10-21(17-25(22)36(26)7)20-12-14-23(32)15-13-20/h10-15,17-18,24,27,34,37H,8-9,16,19H2,1-7H3,(H,33,38)(H,35,39)/t24-,27?/m0/s1. The van der Waals surface area contributed by atoms with Crippen LogP contribution in [0.1, 0.15) is 66.3 Å². The molecule has 0 saturated heterocycles. The summed E-state index contributed by atoms with van der Waals surface area (Å²) >= 11 is 0. The van der Waals surface area contributed by atoms with E-state index in [9.17, 15) is 19.1 Å². The number of rotatable bonds is 10. The predicted octanol–water partition coefficient (Wildman–Crippen LogP) is 5.76. The Bertz CT molecular complexity index is 1330. The van der Waals surface area contributed by atoms with Gasteiger partial charge in [-0.1, -0.05) is 24.3 Å². The molecule has 0 aliphatic rings. The number of amides is 2. The van der Waals surface area contributed by atoms with Crippen molar-refractivity contribution in [2.75, 3.05) is 13.1 Å². The maximum Gasteiger partial charge on any atom is 0.407 e. The van der Waals surface area contributed by atoms with Crippen molar-refractivity contribution in [1.29, 1.82) is 0 Å². The minimum absolute atomic E-state index is 0.259. The molecule has 0 aliphatic heterocycles. The molecule has 0 spiro atoms. The summed E-state index contributed by atoms with van der Waals surface area (Å²) in [5.41, 5.74) is 2.16. The zero-order valence-corrected chi connectivity index (χ0v) is 25.0. The van der Waals surface area contributed by atoms with Crippen LogP contribution in [0, 0.1) is 5.82 Å². The summed E-state index contributed by atoms with van der Waals surface area (Å²) < 4.78 is 25.9. The van der Waals surface area contributed by atoms with Crippen molar-refractivity contribution in [3.05, 3.63) is 60.0 Å². The third-order valence-corrected chi connectivity index (χ3v) is 6.22. The first-order valence-corrected chi connectivity index (χ1v) is 13.8. The molecule has 0 saturated carbocycles. The molecule has 2 atom stereocenters. The van der Waals surface area contributed by atoms with E-state index < -0.39 is 29.6 Å². The van der Waals surface area contributed by atoms with Crippen molar-refractivity contribution in [3.63, 3.8) is 0 Å². The van der Waals surface area contributed by atoms with Gasteiger partial charge in [0.15, 0.2) is 0 Å². The first kappa shape index (κ1) is 31.9. The Morgan fingerprint density at radius 1 is 0.927 bits per heavy atom. The molecule has 1 heterocycles. The van der Waals surface area contributed by atoms with Crippen LogP contribution in [0.15, 0.2) is 48.5 Å². The molecule has 0 bridgehead atoms. The number of nitrogens with one attached hydrogen (secondary N) is 3. The number of halogens is 1. The number of nitrogens with zero attached hydrogens (tertiary/aromatic N) is 1. The van der Waals surface area contributed by atoms with Crippen molar-refractivity contribution in [2.45, 2.75) is 77.9 Å². The molecular weight excluding hydrogens is 527 g/mol. The number of hydrogen-bond donors (Lipinski definition) is 4. The van der Waals surface area contributed by atoms with Gasteiger partial charge >= 0.3 is 12.2 Å². The first-order chi connectivity index (χ1) is 19.1. The lowest BCUT2D eigenvalue weighted by molar-refractivity contribution is 0.0480. The lowest BCUT2D eigenvalue weighted by Gasteiger charge is -2.25. The lowest BCUT2D eigenvalue weighted by atomic mass is 10.0. The second-order valence-corrected chi connectivity index (χ2v) is 12.1. The summed E-state index contributed by atoms with van der Waals surface area (Å²) in [4.78, 5) is 24.4. The van der Waals surface area contributed by atoms with Crippen molar-refractivity contribution < 1.29 is 28.6 Å². The highest BCUT2D eigenvalue weighted by Crippen LogP contribution is 2.28. The summed E-state index contributed by atoms with van der Waals surface area (Å²) in [7, 11) is 1.87. The average molecular weight is 571 g/mol. The second-order valence-electron chi connectivity index (χ2n) is 12.1. The first-order valence-electron chi connectivity index (χ1n) is 13.8. The van der Waals surface area contributed by atoms with Crippen LogP contribution in [-0.4, -0.2) is 52.2 Å². The maximum atomic E-state index is 13.4. The van der Waals surface area contributed by atoms with Gasteiger partial charge in [-0.3, -0.25) is 5.32 Å². The van der Waals surface area contributed by atoms with Crippen LogP contribution < -0.4 is 16.0 Å². The quantitative estimate of drug-likeness (QED) is 0.182. The fraction of sp³-hybridized carbons (Fsp3) is 0.484. The van der Waals surface area contributed by atoms with Gasteiger partial charge in [-0.05, 0) is 89.8 Å². The average Bonchev–Trinajstić information content (AvgIpc) is 3.19. The highest BCUT2D eigenvalue weighted by Gasteiger charge is 2.22. The van der Waals surface area contributed by atoms with Gasteiger partial charge in [-0.25, -0.2) is 14.0 Å². The summed E-state index contributed by atoms with van der Waals surface area (Å²) in [6.07, 6.45) is -0.981. The lowest BCUT2D eigenvalue weighted by Crippen LogP contribution is -2.45. The van der Waals surface area contributed by atoms with Crippen LogP contribution in [0.5, 0.6) is 0 Å². The number of fused-ring (bicyclic) bond motifs is 1. The molecule has 0 radical (unpaired) electrons. The third-order valence-electron chi connectivity index (χ3n) is 6.22. The topological polar surface area (TPSA) is 114 Å². The number of benzene rings is 2. The molecule has 2 aromatic carbocycles. The van der Waals surface area contributed by atoms with E-state index >= 15 is 0 Å². The molecule has 9 nitrogen and oxygen atoms in total. The zero-order chi connectivity index (χ0) is 30.4. The van der Waals surface area contributed by atoms with E-state index in [1.165, 1.54) is 12.1 Å². The van der Waals surface area contributed by atoms with Crippen molar-refractivity contribution in [3.8, 4) is 11.1 Å². The summed E-state index contributed by atoms with van der Waals surface area (Å²) in [5.74, 6) is -0.288. The molecule has 2 amide bonds. The van der Waals surface area contributed by atoms with Gasteiger partial charge < -0.3 is 29.8 Å². The number of aromatic nitrogens is 1. The highest BCUT2D eigenvalue weighted by molar-refractivity contribution is 5.86. The summed E-state index contributed by atoms with van der Waals surface area (Å²) in [5, 5.41) is 20.7. The highest BCUT2D eigenvalue weighted by atomic mass is 19.1. The van der Waals surface area contributed by atoms with Crippen molar-refractivity contribution in [1.82, 2.24) is 20.5 Å². The molecule has 224 valence electrons. The number of hydrogen-bond acceptors (Lipinski definition) is 6. The van der Waals surface area contributed by atoms with Crippen molar-refractivity contribution >= 4 is 23.1 Å². The Labute approximate surface area is 241 Å². The normalized spacial score (nSPS) is 13.5. The minimum Gasteiger partial charge on any atom is -0.444 e. The van der Waals surface area contributed by atoms with Crippen LogP contribution in [-0.2, 0) is 16.5 Å². The Morgan fingerprint density at radius 2 is 1.54 bits per heavy atom. The van der Waals surface area contributed by atoms with E-state index in [0.717, 1.165) is 22.0 Å². The number of aliphatic hydroxyl groups excluding tert-OH is 1.